The highest BCUT2D eigenvalue weighted by molar-refractivity contribution is 7.80. The molecule has 6 heteroatoms. The maximum absolute atomic E-state index is 12.2. The van der Waals surface area contributed by atoms with Crippen molar-refractivity contribution in [3.8, 4) is 5.69 Å². The first-order valence-electron chi connectivity index (χ1n) is 7.81. The number of aromatic nitrogens is 1. The number of carbonyl (C=O) groups excluding carboxylic acids is 1. The van der Waals surface area contributed by atoms with Crippen molar-refractivity contribution in [1.29, 1.82) is 0 Å². The number of amides is 1. The van der Waals surface area contributed by atoms with Crippen LogP contribution in [0.5, 0.6) is 0 Å². The minimum atomic E-state index is -0.236. The normalized spacial score (nSPS) is 11.0. The van der Waals surface area contributed by atoms with Gasteiger partial charge in [0.15, 0.2) is 5.11 Å². The van der Waals surface area contributed by atoms with E-state index in [1.54, 1.807) is 12.1 Å². The molecule has 1 aromatic heterocycles. The summed E-state index contributed by atoms with van der Waals surface area (Å²) in [6, 6.07) is 11.6. The van der Waals surface area contributed by atoms with Crippen LogP contribution >= 0.6 is 12.2 Å². The molecule has 0 aliphatic carbocycles. The first-order valence-corrected chi connectivity index (χ1v) is 8.22. The van der Waals surface area contributed by atoms with Crippen molar-refractivity contribution in [2.75, 3.05) is 0 Å². The SMILES string of the molecule is Cc1ccc(C)n1-c1ccc(C(=O)NNC(=S)NC(C)(C)C)cc1. The summed E-state index contributed by atoms with van der Waals surface area (Å²) in [5.41, 5.74) is 9.06. The molecule has 0 saturated heterocycles. The van der Waals surface area contributed by atoms with E-state index in [-0.39, 0.29) is 11.4 Å². The first kappa shape index (κ1) is 18.0. The minimum absolute atomic E-state index is 0.164. The molecule has 0 bridgehead atoms. The molecular weight excluding hydrogens is 320 g/mol. The molecule has 2 aromatic rings. The van der Waals surface area contributed by atoms with Crippen LogP contribution in [0.15, 0.2) is 36.4 Å². The van der Waals surface area contributed by atoms with Crippen LogP contribution in [-0.4, -0.2) is 21.1 Å². The summed E-state index contributed by atoms with van der Waals surface area (Å²) < 4.78 is 2.14. The Morgan fingerprint density at radius 1 is 0.958 bits per heavy atom. The Kier molecular flexibility index (Phi) is 5.29. The van der Waals surface area contributed by atoms with Crippen LogP contribution in [0.3, 0.4) is 0 Å². The first-order chi connectivity index (χ1) is 11.2. The standard InChI is InChI=1S/C18H24N4OS/c1-12-6-7-13(2)22(12)15-10-8-14(9-11-15)16(23)20-21-17(24)19-18(3,4)5/h6-11H,1-5H3,(H,20,23)(H2,19,21,24). The van der Waals surface area contributed by atoms with Crippen molar-refractivity contribution in [2.45, 2.75) is 40.2 Å². The van der Waals surface area contributed by atoms with E-state index in [1.165, 1.54) is 0 Å². The van der Waals surface area contributed by atoms with Crippen LogP contribution in [0, 0.1) is 13.8 Å². The zero-order valence-corrected chi connectivity index (χ0v) is 15.5. The molecule has 1 heterocycles. The quantitative estimate of drug-likeness (QED) is 0.579. The van der Waals surface area contributed by atoms with Crippen LogP contribution in [0.4, 0.5) is 0 Å². The molecule has 0 fully saturated rings. The number of hydrogen-bond acceptors (Lipinski definition) is 2. The van der Waals surface area contributed by atoms with Crippen LogP contribution in [0.1, 0.15) is 42.5 Å². The Hall–Kier alpha value is -2.34. The average Bonchev–Trinajstić information content (AvgIpc) is 2.82. The van der Waals surface area contributed by atoms with Crippen LogP contribution < -0.4 is 16.2 Å². The van der Waals surface area contributed by atoms with E-state index in [4.69, 9.17) is 12.2 Å². The zero-order chi connectivity index (χ0) is 17.9. The average molecular weight is 344 g/mol. The number of nitrogens with zero attached hydrogens (tertiary/aromatic N) is 1. The molecule has 2 rings (SSSR count). The molecule has 128 valence electrons. The third-order valence-electron chi connectivity index (χ3n) is 3.44. The fourth-order valence-electron chi connectivity index (χ4n) is 2.40. The maximum atomic E-state index is 12.2. The van der Waals surface area contributed by atoms with Gasteiger partial charge in [-0.05, 0) is 83.2 Å². The van der Waals surface area contributed by atoms with Crippen molar-refractivity contribution < 1.29 is 4.79 Å². The number of nitrogens with one attached hydrogen (secondary N) is 3. The summed E-state index contributed by atoms with van der Waals surface area (Å²) in [5.74, 6) is -0.236. The lowest BCUT2D eigenvalue weighted by atomic mass is 10.1. The van der Waals surface area contributed by atoms with Crippen LogP contribution in [-0.2, 0) is 0 Å². The van der Waals surface area contributed by atoms with Crippen molar-refractivity contribution in [2.24, 2.45) is 0 Å². The van der Waals surface area contributed by atoms with Gasteiger partial charge in [0.25, 0.3) is 5.91 Å². The number of carbonyl (C=O) groups is 1. The van der Waals surface area contributed by atoms with E-state index < -0.39 is 0 Å². The molecule has 0 atom stereocenters. The van der Waals surface area contributed by atoms with E-state index in [0.29, 0.717) is 10.7 Å². The highest BCUT2D eigenvalue weighted by Gasteiger charge is 2.12. The predicted octanol–water partition coefficient (Wildman–Crippen LogP) is 3.00. The number of thiocarbonyl (C=S) groups is 1. The second-order valence-electron chi connectivity index (χ2n) is 6.78. The summed E-state index contributed by atoms with van der Waals surface area (Å²) in [5, 5.41) is 3.45. The Balaban J connectivity index is 2.01. The fourth-order valence-corrected chi connectivity index (χ4v) is 2.75. The van der Waals surface area contributed by atoms with Gasteiger partial charge in [0.1, 0.15) is 0 Å². The van der Waals surface area contributed by atoms with Gasteiger partial charge in [-0.25, -0.2) is 0 Å². The van der Waals surface area contributed by atoms with Gasteiger partial charge in [0.2, 0.25) is 0 Å². The third kappa shape index (κ3) is 4.58. The summed E-state index contributed by atoms with van der Waals surface area (Å²) >= 11 is 5.13. The van der Waals surface area contributed by atoms with Gasteiger partial charge in [-0.15, -0.1) is 0 Å². The van der Waals surface area contributed by atoms with Gasteiger partial charge in [-0.3, -0.25) is 15.6 Å². The minimum Gasteiger partial charge on any atom is -0.357 e. The number of hydrogen-bond donors (Lipinski definition) is 3. The topological polar surface area (TPSA) is 58.1 Å². The maximum Gasteiger partial charge on any atom is 0.269 e. The second kappa shape index (κ2) is 7.05. The molecule has 24 heavy (non-hydrogen) atoms. The van der Waals surface area contributed by atoms with Crippen molar-refractivity contribution >= 4 is 23.2 Å². The van der Waals surface area contributed by atoms with Gasteiger partial charge in [0, 0.05) is 28.2 Å². The molecule has 0 aliphatic rings. The molecule has 3 N–H and O–H groups in total. The van der Waals surface area contributed by atoms with Gasteiger partial charge < -0.3 is 9.88 Å². The Morgan fingerprint density at radius 2 is 1.50 bits per heavy atom. The number of rotatable bonds is 2. The number of aryl methyl sites for hydroxylation is 2. The van der Waals surface area contributed by atoms with E-state index in [1.807, 2.05) is 32.9 Å². The monoisotopic (exact) mass is 344 g/mol. The lowest BCUT2D eigenvalue weighted by Gasteiger charge is -2.23. The van der Waals surface area contributed by atoms with E-state index in [0.717, 1.165) is 17.1 Å². The largest absolute Gasteiger partial charge is 0.357 e. The summed E-state index contributed by atoms with van der Waals surface area (Å²) in [4.78, 5) is 12.2. The smallest absolute Gasteiger partial charge is 0.269 e. The lowest BCUT2D eigenvalue weighted by molar-refractivity contribution is 0.0943. The van der Waals surface area contributed by atoms with E-state index >= 15 is 0 Å². The van der Waals surface area contributed by atoms with Crippen molar-refractivity contribution in [1.82, 2.24) is 20.7 Å². The van der Waals surface area contributed by atoms with Crippen molar-refractivity contribution in [3.05, 3.63) is 53.3 Å². The van der Waals surface area contributed by atoms with Gasteiger partial charge >= 0.3 is 0 Å². The Bertz CT molecular complexity index is 722. The zero-order valence-electron chi connectivity index (χ0n) is 14.7. The number of hydrazine groups is 1. The molecule has 0 unspecified atom stereocenters. The molecule has 0 radical (unpaired) electrons. The van der Waals surface area contributed by atoms with Gasteiger partial charge in [-0.2, -0.15) is 0 Å². The third-order valence-corrected chi connectivity index (χ3v) is 3.64. The van der Waals surface area contributed by atoms with E-state index in [2.05, 4.69) is 46.7 Å². The summed E-state index contributed by atoms with van der Waals surface area (Å²) in [7, 11) is 0. The molecule has 0 aliphatic heterocycles. The van der Waals surface area contributed by atoms with Gasteiger partial charge in [-0.1, -0.05) is 0 Å². The molecule has 0 saturated carbocycles. The van der Waals surface area contributed by atoms with Crippen LogP contribution in [0.2, 0.25) is 0 Å². The van der Waals surface area contributed by atoms with Crippen LogP contribution in [0.25, 0.3) is 5.69 Å². The predicted molar refractivity (Wildman–Crippen MR) is 101 cm³/mol. The summed E-state index contributed by atoms with van der Waals surface area (Å²) in [6.07, 6.45) is 0. The van der Waals surface area contributed by atoms with Crippen molar-refractivity contribution in [3.63, 3.8) is 0 Å². The summed E-state index contributed by atoms with van der Waals surface area (Å²) in [6.45, 7) is 10.1. The molecular formula is C18H24N4OS. The van der Waals surface area contributed by atoms with Gasteiger partial charge in [0.05, 0.1) is 0 Å². The number of benzene rings is 1. The molecule has 1 amide bonds. The highest BCUT2D eigenvalue weighted by atomic mass is 32.1. The highest BCUT2D eigenvalue weighted by Crippen LogP contribution is 2.16. The lowest BCUT2D eigenvalue weighted by Crippen LogP contribution is -2.52. The molecule has 0 spiro atoms. The second-order valence-corrected chi connectivity index (χ2v) is 7.19. The van der Waals surface area contributed by atoms with E-state index in [9.17, 15) is 4.79 Å². The molecule has 1 aromatic carbocycles. The fraction of sp³-hybridized carbons (Fsp3) is 0.333. The Morgan fingerprint density at radius 3 is 2.00 bits per heavy atom. The Labute approximate surface area is 148 Å². The molecule has 5 nitrogen and oxygen atoms in total.